The molecule has 13 nitrogen and oxygen atoms in total. The lowest BCUT2D eigenvalue weighted by molar-refractivity contribution is -0.139. The molecule has 14 N–H and O–H groups in total. The number of aliphatic imine (C=N–C) groups is 1. The van der Waals surface area contributed by atoms with Crippen LogP contribution in [0.1, 0.15) is 33.6 Å². The third kappa shape index (κ3) is 35.6. The summed E-state index contributed by atoms with van der Waals surface area (Å²) in [7, 11) is 0. The molecule has 0 bridgehead atoms. The number of carbonyl (C=O) groups excluding carboxylic acids is 2. The van der Waals surface area contributed by atoms with Crippen molar-refractivity contribution < 1.29 is 29.4 Å². The Kier molecular flexibility index (Phi) is 23.1. The van der Waals surface area contributed by atoms with E-state index in [1.54, 1.807) is 13.8 Å². The maximum atomic E-state index is 10.2. The van der Waals surface area contributed by atoms with Crippen molar-refractivity contribution in [2.75, 3.05) is 6.54 Å². The highest BCUT2D eigenvalue weighted by Crippen LogP contribution is 1.94. The Labute approximate surface area is 175 Å². The molecule has 0 heterocycles. The Balaban J connectivity index is -0.000000161. The monoisotopic (exact) mass is 433 g/mol. The van der Waals surface area contributed by atoms with Crippen LogP contribution in [0.25, 0.3) is 0 Å². The summed E-state index contributed by atoms with van der Waals surface area (Å²) in [5.41, 5.74) is 30.3. The number of amides is 2. The number of hydrogen-bond acceptors (Lipinski definition) is 7. The van der Waals surface area contributed by atoms with E-state index >= 15 is 0 Å². The van der Waals surface area contributed by atoms with E-state index in [2.05, 4.69) is 18.2 Å². The van der Waals surface area contributed by atoms with Gasteiger partial charge in [-0.15, -0.1) is 0 Å². The van der Waals surface area contributed by atoms with Gasteiger partial charge in [0.25, 0.3) is 0 Å². The van der Waals surface area contributed by atoms with E-state index in [9.17, 15) is 19.2 Å². The van der Waals surface area contributed by atoms with Crippen LogP contribution in [0.15, 0.2) is 29.3 Å². The van der Waals surface area contributed by atoms with Crippen LogP contribution in [0.3, 0.4) is 0 Å². The van der Waals surface area contributed by atoms with Crippen molar-refractivity contribution in [3.8, 4) is 0 Å². The number of carboxylic acids is 2. The first-order valence-electron chi connectivity index (χ1n) is 8.39. The van der Waals surface area contributed by atoms with Gasteiger partial charge in [0, 0.05) is 17.7 Å². The number of primary amides is 2. The molecule has 30 heavy (non-hydrogen) atoms. The summed E-state index contributed by atoms with van der Waals surface area (Å²) < 4.78 is 0. The molecule has 0 spiro atoms. The topological polar surface area (TPSA) is 277 Å². The van der Waals surface area contributed by atoms with E-state index < -0.39 is 35.8 Å². The van der Waals surface area contributed by atoms with Gasteiger partial charge in [-0.1, -0.05) is 13.2 Å². The van der Waals surface area contributed by atoms with E-state index in [1.807, 2.05) is 0 Å². The molecule has 0 saturated heterocycles. The molecule has 13 heteroatoms. The van der Waals surface area contributed by atoms with Crippen LogP contribution in [0.2, 0.25) is 0 Å². The van der Waals surface area contributed by atoms with Crippen molar-refractivity contribution >= 4 is 29.7 Å². The predicted octanol–water partition coefficient (Wildman–Crippen LogP) is -2.03. The minimum Gasteiger partial charge on any atom is -0.480 e. The van der Waals surface area contributed by atoms with Gasteiger partial charge in [-0.05, 0) is 33.6 Å². The second kappa shape index (κ2) is 20.3. The van der Waals surface area contributed by atoms with Gasteiger partial charge in [-0.2, -0.15) is 0 Å². The molecule has 0 aliphatic rings. The van der Waals surface area contributed by atoms with E-state index in [1.165, 1.54) is 6.92 Å². The van der Waals surface area contributed by atoms with Gasteiger partial charge in [0.05, 0.1) is 0 Å². The normalized spacial score (nSPS) is 10.6. The number of carboxylic acid groups (broad SMARTS) is 2. The number of aliphatic carboxylic acids is 2. The number of guanidine groups is 1. The highest BCUT2D eigenvalue weighted by Gasteiger charge is 2.09. The summed E-state index contributed by atoms with van der Waals surface area (Å²) in [6.45, 7) is 11.5. The van der Waals surface area contributed by atoms with Gasteiger partial charge >= 0.3 is 11.9 Å². The molecule has 0 saturated carbocycles. The molecule has 174 valence electrons. The maximum absolute atomic E-state index is 10.2. The summed E-state index contributed by atoms with van der Waals surface area (Å²) in [6.07, 6.45) is 0.956. The van der Waals surface area contributed by atoms with Crippen LogP contribution in [-0.4, -0.2) is 58.6 Å². The zero-order valence-corrected chi connectivity index (χ0v) is 17.6. The number of rotatable bonds is 8. The van der Waals surface area contributed by atoms with E-state index in [4.69, 9.17) is 44.6 Å². The molecule has 0 rings (SSSR count). The van der Waals surface area contributed by atoms with Crippen LogP contribution in [0, 0.1) is 0 Å². The van der Waals surface area contributed by atoms with Crippen molar-refractivity contribution in [1.82, 2.24) is 0 Å². The van der Waals surface area contributed by atoms with Crippen molar-refractivity contribution in [2.45, 2.75) is 45.7 Å². The largest absolute Gasteiger partial charge is 0.480 e. The van der Waals surface area contributed by atoms with Crippen LogP contribution in [-0.2, 0) is 19.2 Å². The van der Waals surface area contributed by atoms with Crippen molar-refractivity contribution in [2.24, 2.45) is 39.4 Å². The van der Waals surface area contributed by atoms with Gasteiger partial charge < -0.3 is 44.6 Å². The summed E-state index contributed by atoms with van der Waals surface area (Å²) in [5, 5.41) is 16.2. The lowest BCUT2D eigenvalue weighted by Crippen LogP contribution is -2.30. The number of nitrogens with two attached hydrogens (primary N) is 6. The molecule has 2 amide bonds. The van der Waals surface area contributed by atoms with Crippen LogP contribution in [0.5, 0.6) is 0 Å². The van der Waals surface area contributed by atoms with E-state index in [-0.39, 0.29) is 5.96 Å². The Hall–Kier alpha value is -3.45. The SMILES string of the molecule is C=C(C)C(N)=O.C=C(C)C(N)=O.C[C@H](N)C(=O)O.NC(N)=NCCC[C@H](N)C(=O)O. The molecule has 0 radical (unpaired) electrons. The molecule has 2 atom stereocenters. The molecule has 0 unspecified atom stereocenters. The quantitative estimate of drug-likeness (QED) is 0.0898. The fourth-order valence-electron chi connectivity index (χ4n) is 0.643. The number of carbonyl (C=O) groups is 4. The highest BCUT2D eigenvalue weighted by atomic mass is 16.4. The average Bonchev–Trinajstić information content (AvgIpc) is 2.59. The third-order valence-electron chi connectivity index (χ3n) is 2.52. The molecule has 0 aromatic rings. The smallest absolute Gasteiger partial charge is 0.320 e. The Morgan fingerprint density at radius 2 is 1.17 bits per heavy atom. The standard InChI is InChI=1S/C6H14N4O2.2C4H7NO.C3H7NO2/c7-4(5(11)12)2-1-3-10-6(8)9;2*1-3(2)4(5)6;1-2(4)3(5)6/h4H,1-3,7H2,(H,11,12)(H4,8,9,10);2*1H2,2H3,(H2,5,6);2H,4H2,1H3,(H,5,6)/t4-;;;2-/m0..0/s1. The fourth-order valence-corrected chi connectivity index (χ4v) is 0.643. The van der Waals surface area contributed by atoms with Crippen molar-refractivity contribution in [3.63, 3.8) is 0 Å². The first-order valence-corrected chi connectivity index (χ1v) is 8.39. The van der Waals surface area contributed by atoms with Gasteiger partial charge in [0.15, 0.2) is 5.96 Å². The van der Waals surface area contributed by atoms with Gasteiger partial charge in [0.2, 0.25) is 11.8 Å². The Morgan fingerprint density at radius 1 is 0.867 bits per heavy atom. The second-order valence-corrected chi connectivity index (χ2v) is 5.81. The fraction of sp³-hybridized carbons (Fsp3) is 0.471. The minimum absolute atomic E-state index is 0.0129. The predicted molar refractivity (Wildman–Crippen MR) is 115 cm³/mol. The first kappa shape index (κ1) is 34.1. The van der Waals surface area contributed by atoms with Gasteiger partial charge in [-0.3, -0.25) is 24.2 Å². The minimum atomic E-state index is -1.00. The lowest BCUT2D eigenvalue weighted by atomic mass is 10.2. The van der Waals surface area contributed by atoms with Crippen LogP contribution >= 0.6 is 0 Å². The van der Waals surface area contributed by atoms with E-state index in [0.717, 1.165) is 0 Å². The molecular weight excluding hydrogens is 398 g/mol. The van der Waals surface area contributed by atoms with Crippen LogP contribution in [0.4, 0.5) is 0 Å². The molecule has 0 aromatic carbocycles. The number of nitrogens with zero attached hydrogens (tertiary/aromatic N) is 1. The first-order chi connectivity index (χ1) is 13.5. The Morgan fingerprint density at radius 3 is 1.33 bits per heavy atom. The summed E-state index contributed by atoms with van der Waals surface area (Å²) in [5.74, 6) is -2.82. The Bertz CT molecular complexity index is 566. The summed E-state index contributed by atoms with van der Waals surface area (Å²) in [4.78, 5) is 43.1. The van der Waals surface area contributed by atoms with Crippen LogP contribution < -0.4 is 34.4 Å². The lowest BCUT2D eigenvalue weighted by Gasteiger charge is -2.03. The summed E-state index contributed by atoms with van der Waals surface area (Å²) >= 11 is 0. The molecule has 0 fully saturated rings. The third-order valence-corrected chi connectivity index (χ3v) is 2.52. The zero-order valence-electron chi connectivity index (χ0n) is 17.6. The highest BCUT2D eigenvalue weighted by molar-refractivity contribution is 5.90. The van der Waals surface area contributed by atoms with Gasteiger partial charge in [0.1, 0.15) is 12.1 Å². The van der Waals surface area contributed by atoms with Gasteiger partial charge in [-0.25, -0.2) is 0 Å². The average molecular weight is 434 g/mol. The maximum Gasteiger partial charge on any atom is 0.320 e. The molecule has 0 aromatic heterocycles. The van der Waals surface area contributed by atoms with Crippen molar-refractivity contribution in [3.05, 3.63) is 24.3 Å². The van der Waals surface area contributed by atoms with Crippen molar-refractivity contribution in [1.29, 1.82) is 0 Å². The zero-order chi connectivity index (χ0) is 25.0. The molecule has 0 aliphatic heterocycles. The summed E-state index contributed by atoms with van der Waals surface area (Å²) in [6, 6.07) is -1.55. The van der Waals surface area contributed by atoms with E-state index in [0.29, 0.717) is 30.5 Å². The second-order valence-electron chi connectivity index (χ2n) is 5.81. The molecule has 0 aliphatic carbocycles. The number of hydrogen-bond donors (Lipinski definition) is 8. The molecular formula is C17H35N7O6.